The molecule has 0 radical (unpaired) electrons. The summed E-state index contributed by atoms with van der Waals surface area (Å²) in [5.74, 6) is 0. The second-order valence-electron chi connectivity index (χ2n) is 0.816. The van der Waals surface area contributed by atoms with Crippen molar-refractivity contribution in [2.24, 2.45) is 0 Å². The first-order valence-electron chi connectivity index (χ1n) is 1.33. The largest absolute Gasteiger partial charge is 1.00 e. The van der Waals surface area contributed by atoms with Gasteiger partial charge in [-0.3, -0.25) is 8.42 Å². The fraction of sp³-hybridized carbons (Fsp3) is 0. The molecule has 0 spiro atoms. The second kappa shape index (κ2) is 13.6. The van der Waals surface area contributed by atoms with Crippen LogP contribution < -0.4 is 88.7 Å². The Kier molecular flexibility index (Phi) is 31.5. The van der Waals surface area contributed by atoms with E-state index >= 15 is 0 Å². The molecular weight excluding hydrogens is 293 g/mol. The maximum Gasteiger partial charge on any atom is 1.00 e. The molecule has 0 N–H and O–H groups in total. The molecule has 0 heterocycles. The third-order valence-corrected chi connectivity index (χ3v) is 0. The zero-order valence-corrected chi connectivity index (χ0v) is 16.3. The second-order valence-corrected chi connectivity index (χ2v) is 4.90. The Morgan fingerprint density at radius 1 is 0.692 bits per heavy atom. The molecule has 0 aliphatic heterocycles. The van der Waals surface area contributed by atoms with Gasteiger partial charge in [0.05, 0.1) is 0 Å². The average Bonchev–Trinajstić information content (AvgIpc) is 1.12. The Labute approximate surface area is 153 Å². The third-order valence-electron chi connectivity index (χ3n) is 0. The molecule has 0 aliphatic carbocycles. The van der Waals surface area contributed by atoms with Crippen molar-refractivity contribution in [3.63, 3.8) is 0 Å². The van der Waals surface area contributed by atoms with E-state index in [2.05, 4.69) is 22.4 Å². The fourth-order valence-electron chi connectivity index (χ4n) is 0. The van der Waals surface area contributed by atoms with Crippen molar-refractivity contribution >= 4 is 40.5 Å². The van der Waals surface area contributed by atoms with E-state index in [1.54, 1.807) is 0 Å². The van der Waals surface area contributed by atoms with E-state index in [-0.39, 0.29) is 88.7 Å². The molecule has 13 heteroatoms. The molecule has 0 atom stereocenters. The predicted octanol–water partition coefficient (Wildman–Crippen LogP) is -11.0. The normalized spacial score (nSPS) is 8.92. The summed E-state index contributed by atoms with van der Waals surface area (Å²) in [5, 5.41) is 0. The van der Waals surface area contributed by atoms with Gasteiger partial charge in [-0.2, -0.15) is 0 Å². The zero-order valence-electron chi connectivity index (χ0n) is 7.08. The van der Waals surface area contributed by atoms with Gasteiger partial charge in [0.25, 0.3) is 0 Å². The van der Waals surface area contributed by atoms with Crippen LogP contribution in [0.1, 0.15) is 0 Å². The quantitative estimate of drug-likeness (QED) is 0.403. The van der Waals surface area contributed by atoms with Crippen molar-refractivity contribution in [2.75, 3.05) is 0 Å². The van der Waals surface area contributed by atoms with Crippen molar-refractivity contribution in [1.82, 2.24) is 0 Å². The number of hydrogen-bond acceptors (Lipinski definition) is 8. The van der Waals surface area contributed by atoms with Crippen LogP contribution in [0.15, 0.2) is 0 Å². The molecule has 0 aromatic rings. The van der Waals surface area contributed by atoms with Crippen molar-refractivity contribution in [2.45, 2.75) is 0 Å². The van der Waals surface area contributed by atoms with Crippen molar-refractivity contribution in [1.29, 1.82) is 0 Å². The summed E-state index contributed by atoms with van der Waals surface area (Å²) in [5.41, 5.74) is 0. The van der Waals surface area contributed by atoms with Crippen molar-refractivity contribution in [3.8, 4) is 0 Å². The van der Waals surface area contributed by atoms with Crippen LogP contribution in [-0.4, -0.2) is 26.6 Å². The first-order chi connectivity index (χ1) is 4.00. The Morgan fingerprint density at radius 2 is 0.692 bits per heavy atom. The summed E-state index contributed by atoms with van der Waals surface area (Å²) in [4.78, 5) is 0. The first-order valence-corrected chi connectivity index (χ1v) is 6.00. The summed E-state index contributed by atoms with van der Waals surface area (Å²) in [6.07, 6.45) is 0. The van der Waals surface area contributed by atoms with Crippen LogP contribution in [0.25, 0.3) is 0 Å². The molecule has 0 bridgehead atoms. The molecule has 0 aromatic carbocycles. The van der Waals surface area contributed by atoms with E-state index in [1.807, 2.05) is 0 Å². The van der Waals surface area contributed by atoms with Gasteiger partial charge < -0.3 is 18.2 Å². The Morgan fingerprint density at radius 3 is 0.692 bits per heavy atom. The summed E-state index contributed by atoms with van der Waals surface area (Å²) in [6.45, 7) is 0. The van der Waals surface area contributed by atoms with Gasteiger partial charge in [0, 0.05) is 0 Å². The van der Waals surface area contributed by atoms with Crippen LogP contribution in [0.4, 0.5) is 0 Å². The maximum absolute atomic E-state index is 8.89. The van der Waals surface area contributed by atoms with Gasteiger partial charge in [-0.1, -0.05) is 0 Å². The maximum atomic E-state index is 8.89. The van der Waals surface area contributed by atoms with Crippen molar-refractivity contribution in [3.05, 3.63) is 0 Å². The van der Waals surface area contributed by atoms with E-state index in [1.165, 1.54) is 0 Å². The molecule has 0 aromatic heterocycles. The van der Waals surface area contributed by atoms with Gasteiger partial charge in [-0.05, 0) is 22.4 Å². The van der Waals surface area contributed by atoms with Crippen LogP contribution >= 0.6 is 0 Å². The molecule has 0 saturated carbocycles. The van der Waals surface area contributed by atoms with Crippen LogP contribution in [0, 0.1) is 0 Å². The predicted molar refractivity (Wildman–Crippen MR) is 34.1 cm³/mol. The minimum absolute atomic E-state index is 0. The van der Waals surface area contributed by atoms with Gasteiger partial charge in [-0.15, -0.1) is 18.1 Å². The fourth-order valence-corrected chi connectivity index (χ4v) is 0. The van der Waals surface area contributed by atoms with Gasteiger partial charge in [0.15, 0.2) is 0 Å². The summed E-state index contributed by atoms with van der Waals surface area (Å²) >= 11 is 6.49. The van der Waals surface area contributed by atoms with Crippen molar-refractivity contribution < 1.29 is 115 Å². The minimum Gasteiger partial charge on any atom is -0.780 e. The van der Waals surface area contributed by atoms with E-state index in [0.29, 0.717) is 0 Å². The van der Waals surface area contributed by atoms with Crippen LogP contribution in [-0.2, 0) is 40.5 Å². The zero-order chi connectivity index (χ0) is 9.00. The summed E-state index contributed by atoms with van der Waals surface area (Å²) in [7, 11) is -8.67. The van der Waals surface area contributed by atoms with E-state index in [0.717, 1.165) is 0 Å². The van der Waals surface area contributed by atoms with E-state index in [9.17, 15) is 0 Å². The van der Waals surface area contributed by atoms with Gasteiger partial charge in [0.2, 0.25) is 0 Å². The van der Waals surface area contributed by atoms with Crippen LogP contribution in [0.5, 0.6) is 0 Å². The Hall–Kier alpha value is 3.58. The standard InChI is InChI=1S/3Na.2H2O3S2/c;;;2*1-5(2,3)4/h;;;2*(H2,1,2,3,4)/q3*+1;;/p-4. The van der Waals surface area contributed by atoms with Crippen LogP contribution in [0.3, 0.4) is 0 Å². The summed E-state index contributed by atoms with van der Waals surface area (Å²) < 4.78 is 53.3. The van der Waals surface area contributed by atoms with E-state index in [4.69, 9.17) is 26.6 Å². The van der Waals surface area contributed by atoms with Crippen LogP contribution in [0.2, 0.25) is 0 Å². The molecule has 0 amide bonds. The Balaban J connectivity index is -0.0000000267. The molecule has 0 unspecified atom stereocenters. The molecule has 6 nitrogen and oxygen atoms in total. The van der Waals surface area contributed by atoms with Gasteiger partial charge in [-0.25, -0.2) is 0 Å². The monoisotopic (exact) mass is 293 g/mol. The Bertz CT molecular complexity index is 216. The smallest absolute Gasteiger partial charge is 0.780 e. The minimum atomic E-state index is -4.33. The molecule has 0 rings (SSSR count). The average molecular weight is 293 g/mol. The topological polar surface area (TPSA) is 126 Å². The van der Waals surface area contributed by atoms with Gasteiger partial charge >= 0.3 is 88.7 Å². The molecule has 13 heavy (non-hydrogen) atoms. The SMILES string of the molecule is O=S([O-])([O-])=S.O=S([O-])([O-])=S.[Na+].[Na+].[Na+]. The van der Waals surface area contributed by atoms with Gasteiger partial charge in [0.1, 0.15) is 0 Å². The molecule has 0 aliphatic rings. The number of hydrogen-bond donors (Lipinski definition) is 0. The summed E-state index contributed by atoms with van der Waals surface area (Å²) in [6, 6.07) is 0. The third kappa shape index (κ3) is 224. The number of rotatable bonds is 0. The first kappa shape index (κ1) is 30.0. The molecule has 0 fully saturated rings. The molecule has 64 valence electrons. The molecular formula is Na3O6S4-. The van der Waals surface area contributed by atoms with E-state index < -0.39 is 18.1 Å². The molecule has 0 saturated heterocycles.